The number of carboxylic acid groups (broad SMARTS) is 3. The summed E-state index contributed by atoms with van der Waals surface area (Å²) >= 11 is 0. The van der Waals surface area contributed by atoms with Crippen molar-refractivity contribution in [3.05, 3.63) is 0 Å². The third kappa shape index (κ3) is 16.6. The zero-order valence-corrected chi connectivity index (χ0v) is 12.0. The van der Waals surface area contributed by atoms with E-state index in [1.54, 1.807) is 0 Å². The predicted octanol–water partition coefficient (Wildman–Crippen LogP) is -5.51. The van der Waals surface area contributed by atoms with Crippen LogP contribution in [0.15, 0.2) is 0 Å². The molecule has 0 aliphatic rings. The zero-order valence-electron chi connectivity index (χ0n) is 10.6. The first-order valence-corrected chi connectivity index (χ1v) is 5.00. The molecule has 0 bridgehead atoms. The van der Waals surface area contributed by atoms with Crippen LogP contribution in [0, 0.1) is 0 Å². The van der Waals surface area contributed by atoms with Crippen LogP contribution in [0.2, 0.25) is 0 Å². The first kappa shape index (κ1) is 23.6. The summed E-state index contributed by atoms with van der Waals surface area (Å²) in [5, 5.41) is 27.7. The molecule has 0 saturated carbocycles. The topological polar surface area (TPSA) is 213 Å². The molecule has 0 aliphatic heterocycles. The number of primary amides is 1. The summed E-state index contributed by atoms with van der Waals surface area (Å²) in [7, 11) is 0. The average molecular weight is 302 g/mol. The molecule has 1 amide bonds. The molecule has 0 saturated heterocycles. The molecular weight excluding hydrogens is 286 g/mol. The van der Waals surface area contributed by atoms with Crippen LogP contribution in [0.25, 0.3) is 0 Å². The van der Waals surface area contributed by atoms with E-state index in [2.05, 4.69) is 5.73 Å². The van der Waals surface area contributed by atoms with Gasteiger partial charge in [-0.15, -0.1) is 0 Å². The summed E-state index contributed by atoms with van der Waals surface area (Å²) in [4.78, 5) is 39.5. The number of carbonyl (C=O) groups excluding carboxylic acids is 3. The van der Waals surface area contributed by atoms with Gasteiger partial charge in [0.05, 0.1) is 18.0 Å². The summed E-state index contributed by atoms with van der Waals surface area (Å²) in [5.74, 6) is -4.68. The van der Waals surface area contributed by atoms with Crippen molar-refractivity contribution in [2.24, 2.45) is 17.2 Å². The third-order valence-electron chi connectivity index (χ3n) is 1.70. The molecule has 0 spiro atoms. The number of aliphatic carboxylic acids is 3. The maximum Gasteiger partial charge on any atom is 2.00 e. The summed E-state index contributed by atoms with van der Waals surface area (Å²) < 4.78 is 0. The van der Waals surface area contributed by atoms with Crippen LogP contribution in [0.5, 0.6) is 0 Å². The Bertz CT molecular complexity index is 350. The molecule has 0 aromatic rings. The number of carboxylic acids is 3. The number of amides is 1. The van der Waals surface area contributed by atoms with Crippen molar-refractivity contribution >= 4 is 46.9 Å². The monoisotopic (exact) mass is 301 g/mol. The van der Waals surface area contributed by atoms with E-state index in [9.17, 15) is 29.4 Å². The summed E-state index contributed by atoms with van der Waals surface area (Å²) in [6.07, 6.45) is -0.699. The Morgan fingerprint density at radius 2 is 1.40 bits per heavy atom. The van der Waals surface area contributed by atoms with Gasteiger partial charge in [0.2, 0.25) is 5.91 Å². The van der Waals surface area contributed by atoms with Gasteiger partial charge in [0.25, 0.3) is 0 Å². The quantitative estimate of drug-likeness (QED) is 0.329. The standard InChI is InChI=1S/C5H9NO4.C4H8N2O3.Mg/c6-3(5(9)10)1-2-4(7)8;5-2(4(8)9)1-3(6)7;/h3H,1-2,6H2,(H,7,8)(H,9,10);2H,1,5H2,(H2,6,7)(H,8,9);/q;;+2/p-2/t3-;2-;/m00./s1. The Morgan fingerprint density at radius 1 is 1.00 bits per heavy atom. The molecule has 7 N–H and O–H groups in total. The zero-order chi connectivity index (χ0) is 15.6. The van der Waals surface area contributed by atoms with Gasteiger partial charge in [0, 0.05) is 18.9 Å². The number of nitrogens with two attached hydrogens (primary N) is 3. The number of hydrogen-bond donors (Lipinski definition) is 4. The van der Waals surface area contributed by atoms with Crippen molar-refractivity contribution in [2.75, 3.05) is 0 Å². The van der Waals surface area contributed by atoms with Gasteiger partial charge >= 0.3 is 29.0 Å². The Morgan fingerprint density at radius 3 is 1.60 bits per heavy atom. The Hall–Kier alpha value is -1.43. The smallest absolute Gasteiger partial charge is 0.548 e. The molecule has 20 heavy (non-hydrogen) atoms. The van der Waals surface area contributed by atoms with Crippen molar-refractivity contribution in [1.29, 1.82) is 0 Å². The second-order valence-electron chi connectivity index (χ2n) is 3.45. The van der Waals surface area contributed by atoms with E-state index in [0.717, 1.165) is 0 Å². The van der Waals surface area contributed by atoms with Crippen molar-refractivity contribution in [3.8, 4) is 0 Å². The minimum absolute atomic E-state index is 0. The maximum atomic E-state index is 9.97. The van der Waals surface area contributed by atoms with Gasteiger partial charge < -0.3 is 42.1 Å². The Labute approximate surface area is 130 Å². The fraction of sp³-hybridized carbons (Fsp3) is 0.556. The van der Waals surface area contributed by atoms with E-state index in [1.165, 1.54) is 0 Å². The van der Waals surface area contributed by atoms with Crippen LogP contribution >= 0.6 is 0 Å². The minimum atomic E-state index is -1.46. The second kappa shape index (κ2) is 12.6. The fourth-order valence-corrected chi connectivity index (χ4v) is 0.697. The van der Waals surface area contributed by atoms with E-state index >= 15 is 0 Å². The number of carbonyl (C=O) groups is 4. The van der Waals surface area contributed by atoms with Crippen molar-refractivity contribution in [1.82, 2.24) is 0 Å². The van der Waals surface area contributed by atoms with Crippen molar-refractivity contribution in [2.45, 2.75) is 31.3 Å². The molecule has 0 aliphatic carbocycles. The van der Waals surface area contributed by atoms with Gasteiger partial charge in [-0.05, 0) is 6.42 Å². The number of rotatable bonds is 7. The van der Waals surface area contributed by atoms with Gasteiger partial charge in [-0.2, -0.15) is 0 Å². The largest absolute Gasteiger partial charge is 2.00 e. The van der Waals surface area contributed by atoms with Crippen LogP contribution in [-0.4, -0.2) is 64.1 Å². The fourth-order valence-electron chi connectivity index (χ4n) is 0.697. The molecule has 110 valence electrons. The molecule has 0 fully saturated rings. The molecule has 11 heteroatoms. The van der Waals surface area contributed by atoms with Crippen LogP contribution in [-0.2, 0) is 19.2 Å². The Balaban J connectivity index is -0.000000277. The molecule has 0 heterocycles. The molecule has 2 atom stereocenters. The second-order valence-corrected chi connectivity index (χ2v) is 3.45. The molecule has 0 radical (unpaired) electrons. The predicted molar refractivity (Wildman–Crippen MR) is 62.4 cm³/mol. The van der Waals surface area contributed by atoms with Crippen LogP contribution in [0.3, 0.4) is 0 Å². The molecule has 0 aromatic carbocycles. The average Bonchev–Trinajstić information content (AvgIpc) is 2.25. The van der Waals surface area contributed by atoms with Gasteiger partial charge in [0.15, 0.2) is 0 Å². The van der Waals surface area contributed by atoms with E-state index in [0.29, 0.717) is 0 Å². The molecule has 10 nitrogen and oxygen atoms in total. The van der Waals surface area contributed by atoms with Gasteiger partial charge in [0.1, 0.15) is 0 Å². The molecule has 0 aromatic heterocycles. The van der Waals surface area contributed by atoms with Gasteiger partial charge in [-0.3, -0.25) is 9.59 Å². The van der Waals surface area contributed by atoms with Crippen LogP contribution < -0.4 is 27.4 Å². The van der Waals surface area contributed by atoms with Crippen LogP contribution in [0.4, 0.5) is 0 Å². The van der Waals surface area contributed by atoms with E-state index in [4.69, 9.17) is 16.6 Å². The van der Waals surface area contributed by atoms with E-state index in [1.807, 2.05) is 0 Å². The summed E-state index contributed by atoms with van der Waals surface area (Å²) in [6.45, 7) is 0. The normalized spacial score (nSPS) is 11.9. The van der Waals surface area contributed by atoms with E-state index < -0.39 is 35.9 Å². The summed E-state index contributed by atoms with van der Waals surface area (Å²) in [6, 6.07) is -2.45. The Kier molecular flexibility index (Phi) is 14.9. The van der Waals surface area contributed by atoms with Crippen molar-refractivity contribution in [3.63, 3.8) is 0 Å². The molecule has 0 rings (SSSR count). The number of hydrogen-bond acceptors (Lipinski definition) is 8. The first-order chi connectivity index (χ1) is 8.57. The van der Waals surface area contributed by atoms with Crippen molar-refractivity contribution < 1.29 is 34.5 Å². The van der Waals surface area contributed by atoms with Gasteiger partial charge in [-0.25, -0.2) is 0 Å². The van der Waals surface area contributed by atoms with E-state index in [-0.39, 0.29) is 42.3 Å². The molecular formula is C9H15MgN3O7. The van der Waals surface area contributed by atoms with Crippen LogP contribution in [0.1, 0.15) is 19.3 Å². The maximum absolute atomic E-state index is 9.97. The SMILES string of the molecule is NC(=O)C[C@H](N)C(=O)[O-].N[C@@H](CCC(=O)O)C(=O)[O-].[Mg+2]. The third-order valence-corrected chi connectivity index (χ3v) is 1.70. The minimum Gasteiger partial charge on any atom is -0.548 e. The summed E-state index contributed by atoms with van der Waals surface area (Å²) in [5.41, 5.74) is 14.4. The first-order valence-electron chi connectivity index (χ1n) is 5.00. The molecule has 0 unspecified atom stereocenters. The van der Waals surface area contributed by atoms with Gasteiger partial charge in [-0.1, -0.05) is 0 Å².